The smallest absolute Gasteiger partial charge is 0.366 e. The van der Waals surface area contributed by atoms with Crippen molar-refractivity contribution in [2.45, 2.75) is 13.1 Å². The van der Waals surface area contributed by atoms with Crippen LogP contribution in [0, 0.1) is 6.92 Å². The van der Waals surface area contributed by atoms with Crippen molar-refractivity contribution in [3.05, 3.63) is 47.3 Å². The quantitative estimate of drug-likeness (QED) is 0.919. The van der Waals surface area contributed by atoms with Gasteiger partial charge in [0, 0.05) is 18.0 Å². The highest BCUT2D eigenvalue weighted by atomic mass is 19.4. The van der Waals surface area contributed by atoms with Crippen LogP contribution >= 0.6 is 0 Å². The summed E-state index contributed by atoms with van der Waals surface area (Å²) in [6, 6.07) is 3.82. The van der Waals surface area contributed by atoms with Crippen LogP contribution in [0.1, 0.15) is 21.5 Å². The first kappa shape index (κ1) is 14.0. The van der Waals surface area contributed by atoms with Gasteiger partial charge in [-0.15, -0.1) is 0 Å². The monoisotopic (exact) mass is 281 g/mol. The number of primary amides is 1. The van der Waals surface area contributed by atoms with Gasteiger partial charge >= 0.3 is 6.18 Å². The van der Waals surface area contributed by atoms with E-state index in [1.54, 1.807) is 0 Å². The fourth-order valence-electron chi connectivity index (χ4n) is 1.79. The standard InChI is InChI=1S/C13H10F3N3O/c1-7-3-2-4-9(13(14,15)16)10(7)12-18-5-8(6-19-12)11(17)20/h2-6H,1H3,(H2,17,20). The van der Waals surface area contributed by atoms with Crippen LogP contribution in [0.25, 0.3) is 11.4 Å². The van der Waals surface area contributed by atoms with E-state index in [1.807, 2.05) is 0 Å². The average molecular weight is 281 g/mol. The van der Waals surface area contributed by atoms with Gasteiger partial charge < -0.3 is 5.73 Å². The van der Waals surface area contributed by atoms with Gasteiger partial charge in [-0.2, -0.15) is 13.2 Å². The summed E-state index contributed by atoms with van der Waals surface area (Å²) in [5.74, 6) is -0.835. The Bertz CT molecular complexity index is 651. The van der Waals surface area contributed by atoms with E-state index in [0.29, 0.717) is 5.56 Å². The van der Waals surface area contributed by atoms with Gasteiger partial charge in [-0.05, 0) is 18.6 Å². The van der Waals surface area contributed by atoms with E-state index in [4.69, 9.17) is 5.73 Å². The summed E-state index contributed by atoms with van der Waals surface area (Å²) in [5.41, 5.74) is 4.55. The third-order valence-electron chi connectivity index (χ3n) is 2.74. The van der Waals surface area contributed by atoms with Crippen molar-refractivity contribution in [2.24, 2.45) is 5.73 Å². The summed E-state index contributed by atoms with van der Waals surface area (Å²) in [6.07, 6.45) is -2.29. The molecule has 0 spiro atoms. The molecule has 1 amide bonds. The van der Waals surface area contributed by atoms with Gasteiger partial charge in [0.25, 0.3) is 5.91 Å². The lowest BCUT2D eigenvalue weighted by Gasteiger charge is -2.14. The normalized spacial score (nSPS) is 11.4. The minimum absolute atomic E-state index is 0.0379. The molecule has 0 aliphatic rings. The maximum absolute atomic E-state index is 13.0. The maximum Gasteiger partial charge on any atom is 0.417 e. The fraction of sp³-hybridized carbons (Fsp3) is 0.154. The van der Waals surface area contributed by atoms with Gasteiger partial charge in [-0.1, -0.05) is 12.1 Å². The van der Waals surface area contributed by atoms with Crippen LogP contribution in [0.2, 0.25) is 0 Å². The van der Waals surface area contributed by atoms with Crippen LogP contribution in [0.3, 0.4) is 0 Å². The Morgan fingerprint density at radius 1 is 1.20 bits per heavy atom. The van der Waals surface area contributed by atoms with Gasteiger partial charge in [0.1, 0.15) is 0 Å². The predicted molar refractivity (Wildman–Crippen MR) is 65.7 cm³/mol. The summed E-state index contributed by atoms with van der Waals surface area (Å²) in [6.45, 7) is 1.54. The number of aromatic nitrogens is 2. The van der Waals surface area contributed by atoms with Gasteiger partial charge in [0.15, 0.2) is 5.82 Å². The van der Waals surface area contributed by atoms with Gasteiger partial charge in [0.05, 0.1) is 11.1 Å². The van der Waals surface area contributed by atoms with Crippen LogP contribution in [0.4, 0.5) is 13.2 Å². The molecule has 1 aromatic carbocycles. The zero-order chi connectivity index (χ0) is 14.9. The fourth-order valence-corrected chi connectivity index (χ4v) is 1.79. The number of carbonyl (C=O) groups excluding carboxylic acids is 1. The number of amides is 1. The molecule has 1 aromatic heterocycles. The number of nitrogens with two attached hydrogens (primary N) is 1. The largest absolute Gasteiger partial charge is 0.417 e. The van der Waals surface area contributed by atoms with Gasteiger partial charge in [-0.3, -0.25) is 4.79 Å². The van der Waals surface area contributed by atoms with E-state index in [0.717, 1.165) is 18.5 Å². The minimum Gasteiger partial charge on any atom is -0.366 e. The molecule has 0 atom stereocenters. The number of benzene rings is 1. The van der Waals surface area contributed by atoms with Crippen LogP contribution in [0.5, 0.6) is 0 Å². The van der Waals surface area contributed by atoms with E-state index >= 15 is 0 Å². The molecule has 0 radical (unpaired) electrons. The second kappa shape index (κ2) is 4.92. The molecule has 0 saturated heterocycles. The molecule has 0 saturated carbocycles. The summed E-state index contributed by atoms with van der Waals surface area (Å²) in [5, 5.41) is 0. The van der Waals surface area contributed by atoms with Crippen molar-refractivity contribution in [3.8, 4) is 11.4 Å². The number of nitrogens with zero attached hydrogens (tertiary/aromatic N) is 2. The lowest BCUT2D eigenvalue weighted by molar-refractivity contribution is -0.137. The molecule has 0 aliphatic heterocycles. The first-order valence-electron chi connectivity index (χ1n) is 5.59. The molecular weight excluding hydrogens is 271 g/mol. The lowest BCUT2D eigenvalue weighted by atomic mass is 10.0. The second-order valence-electron chi connectivity index (χ2n) is 4.15. The minimum atomic E-state index is -4.51. The summed E-state index contributed by atoms with van der Waals surface area (Å²) in [7, 11) is 0. The molecule has 0 bridgehead atoms. The van der Waals surface area contributed by atoms with Crippen LogP contribution in [-0.4, -0.2) is 15.9 Å². The zero-order valence-electron chi connectivity index (χ0n) is 10.4. The number of rotatable bonds is 2. The van der Waals surface area contributed by atoms with Crippen LogP contribution in [0.15, 0.2) is 30.6 Å². The first-order valence-corrected chi connectivity index (χ1v) is 5.59. The summed E-state index contributed by atoms with van der Waals surface area (Å²) < 4.78 is 39.0. The summed E-state index contributed by atoms with van der Waals surface area (Å²) >= 11 is 0. The SMILES string of the molecule is Cc1cccc(C(F)(F)F)c1-c1ncc(C(N)=O)cn1. The molecule has 0 aliphatic carbocycles. The first-order chi connectivity index (χ1) is 9.30. The highest BCUT2D eigenvalue weighted by molar-refractivity contribution is 5.92. The molecule has 0 fully saturated rings. The van der Waals surface area contributed by atoms with Crippen molar-refractivity contribution < 1.29 is 18.0 Å². The molecule has 2 N–H and O–H groups in total. The molecule has 20 heavy (non-hydrogen) atoms. The van der Waals surface area contributed by atoms with Crippen LogP contribution < -0.4 is 5.73 Å². The van der Waals surface area contributed by atoms with Gasteiger partial charge in [-0.25, -0.2) is 9.97 Å². The molecule has 2 aromatic rings. The van der Waals surface area contributed by atoms with Crippen LogP contribution in [-0.2, 0) is 6.18 Å². The Morgan fingerprint density at radius 3 is 2.30 bits per heavy atom. The molecule has 1 heterocycles. The molecule has 2 rings (SSSR count). The molecule has 104 valence electrons. The number of aryl methyl sites for hydroxylation is 1. The van der Waals surface area contributed by atoms with Crippen molar-refractivity contribution >= 4 is 5.91 Å². The Kier molecular flexibility index (Phi) is 3.44. The lowest BCUT2D eigenvalue weighted by Crippen LogP contribution is -2.13. The summed E-state index contributed by atoms with van der Waals surface area (Å²) in [4.78, 5) is 18.5. The average Bonchev–Trinajstić information content (AvgIpc) is 2.37. The highest BCUT2D eigenvalue weighted by Gasteiger charge is 2.34. The highest BCUT2D eigenvalue weighted by Crippen LogP contribution is 2.37. The third kappa shape index (κ3) is 2.61. The molecule has 7 heteroatoms. The number of halogens is 3. The maximum atomic E-state index is 13.0. The van der Waals surface area contributed by atoms with E-state index in [9.17, 15) is 18.0 Å². The zero-order valence-corrected chi connectivity index (χ0v) is 10.4. The Hall–Kier alpha value is -2.44. The third-order valence-corrected chi connectivity index (χ3v) is 2.74. The number of carbonyl (C=O) groups is 1. The van der Waals surface area contributed by atoms with E-state index < -0.39 is 17.6 Å². The topological polar surface area (TPSA) is 68.9 Å². The Morgan fingerprint density at radius 2 is 1.80 bits per heavy atom. The Labute approximate surface area is 112 Å². The van der Waals surface area contributed by atoms with Crippen molar-refractivity contribution in [1.29, 1.82) is 0 Å². The number of hydrogen-bond acceptors (Lipinski definition) is 3. The second-order valence-corrected chi connectivity index (χ2v) is 4.15. The molecule has 0 unspecified atom stereocenters. The van der Waals surface area contributed by atoms with E-state index in [2.05, 4.69) is 9.97 Å². The predicted octanol–water partition coefficient (Wildman–Crippen LogP) is 2.57. The van der Waals surface area contributed by atoms with Crippen molar-refractivity contribution in [2.75, 3.05) is 0 Å². The molecule has 4 nitrogen and oxygen atoms in total. The molecular formula is C13H10F3N3O. The Balaban J connectivity index is 2.60. The van der Waals surface area contributed by atoms with Crippen molar-refractivity contribution in [1.82, 2.24) is 9.97 Å². The van der Waals surface area contributed by atoms with E-state index in [-0.39, 0.29) is 17.0 Å². The van der Waals surface area contributed by atoms with E-state index in [1.165, 1.54) is 19.1 Å². The van der Waals surface area contributed by atoms with Gasteiger partial charge in [0.2, 0.25) is 0 Å². The number of hydrogen-bond donors (Lipinski definition) is 1. The van der Waals surface area contributed by atoms with Crippen molar-refractivity contribution in [3.63, 3.8) is 0 Å². The number of alkyl halides is 3.